The van der Waals surface area contributed by atoms with Crippen molar-refractivity contribution in [3.8, 4) is 11.5 Å². The predicted octanol–water partition coefficient (Wildman–Crippen LogP) is 2.39. The van der Waals surface area contributed by atoms with Crippen LogP contribution < -0.4 is 31.2 Å². The maximum Gasteiger partial charge on any atom is 0.243 e. The zero-order valence-electron chi connectivity index (χ0n) is 26.6. The number of nitrogens with one attached hydrogen (secondary N) is 4. The smallest absolute Gasteiger partial charge is 0.243 e. The molecule has 44 heavy (non-hydrogen) atoms. The normalized spacial score (nSPS) is 20.9. The zero-order chi connectivity index (χ0) is 32.2. The molecule has 6 N–H and O–H groups in total. The van der Waals surface area contributed by atoms with Gasteiger partial charge in [-0.05, 0) is 73.1 Å². The number of ether oxygens (including phenoxy) is 2. The Morgan fingerprint density at radius 1 is 1.09 bits per heavy atom. The van der Waals surface area contributed by atoms with Crippen molar-refractivity contribution in [2.45, 2.75) is 71.0 Å². The summed E-state index contributed by atoms with van der Waals surface area (Å²) in [7, 11) is 3.24. The molecule has 2 aromatic rings. The van der Waals surface area contributed by atoms with Crippen LogP contribution in [0.3, 0.4) is 0 Å². The van der Waals surface area contributed by atoms with E-state index in [0.29, 0.717) is 56.5 Å². The van der Waals surface area contributed by atoms with E-state index < -0.39 is 18.1 Å². The molecule has 1 heterocycles. The molecule has 3 atom stereocenters. The molecule has 0 spiro atoms. The van der Waals surface area contributed by atoms with Crippen molar-refractivity contribution in [3.63, 3.8) is 0 Å². The Morgan fingerprint density at radius 2 is 1.82 bits per heavy atom. The molecular weight excluding hydrogens is 560 g/mol. The average Bonchev–Trinajstić information content (AvgIpc) is 3.00. The highest BCUT2D eigenvalue weighted by molar-refractivity contribution is 5.95. The number of amidine groups is 1. The van der Waals surface area contributed by atoms with Crippen molar-refractivity contribution in [2.24, 2.45) is 11.7 Å². The predicted molar refractivity (Wildman–Crippen MR) is 171 cm³/mol. The number of nitrogen functional groups attached to an aromatic ring is 1. The van der Waals surface area contributed by atoms with E-state index in [-0.39, 0.29) is 36.1 Å². The SMILES string of the molecule is CCC[C@@H]1NC(=O)[C@@H](C(C)C)N(C)C(=O)[C@@H](Cc2ccc(OC)cc2)NCCOc2ccc(C(=N)N)cc2CCCNC1=O. The van der Waals surface area contributed by atoms with Crippen molar-refractivity contribution in [1.82, 2.24) is 20.9 Å². The van der Waals surface area contributed by atoms with Gasteiger partial charge in [-0.15, -0.1) is 0 Å². The quantitative estimate of drug-likeness (QED) is 0.238. The van der Waals surface area contributed by atoms with E-state index in [0.717, 1.165) is 16.9 Å². The van der Waals surface area contributed by atoms with Crippen molar-refractivity contribution < 1.29 is 23.9 Å². The minimum absolute atomic E-state index is 0.0379. The number of fused-ring (bicyclic) bond motifs is 1. The first-order valence-electron chi connectivity index (χ1n) is 15.4. The second kappa shape index (κ2) is 16.7. The lowest BCUT2D eigenvalue weighted by Gasteiger charge is -2.34. The number of carbonyl (C=O) groups is 3. The van der Waals surface area contributed by atoms with Gasteiger partial charge in [-0.3, -0.25) is 19.8 Å². The first-order chi connectivity index (χ1) is 21.0. The van der Waals surface area contributed by atoms with Gasteiger partial charge < -0.3 is 36.1 Å². The van der Waals surface area contributed by atoms with Crippen molar-refractivity contribution in [2.75, 3.05) is 33.9 Å². The second-order valence-corrected chi connectivity index (χ2v) is 11.5. The largest absolute Gasteiger partial charge is 0.497 e. The zero-order valence-corrected chi connectivity index (χ0v) is 26.6. The molecule has 1 aliphatic rings. The van der Waals surface area contributed by atoms with Gasteiger partial charge in [-0.1, -0.05) is 39.3 Å². The maximum absolute atomic E-state index is 14.0. The van der Waals surface area contributed by atoms with Gasteiger partial charge in [0, 0.05) is 25.7 Å². The summed E-state index contributed by atoms with van der Waals surface area (Å²) in [5.74, 6) is 0.296. The molecule has 0 aliphatic carbocycles. The molecule has 0 radical (unpaired) electrons. The van der Waals surface area contributed by atoms with E-state index in [1.165, 1.54) is 4.90 Å². The van der Waals surface area contributed by atoms with Gasteiger partial charge in [-0.25, -0.2) is 0 Å². The minimum Gasteiger partial charge on any atom is -0.497 e. The first-order valence-corrected chi connectivity index (χ1v) is 15.4. The average molecular weight is 609 g/mol. The third-order valence-electron chi connectivity index (χ3n) is 7.82. The summed E-state index contributed by atoms with van der Waals surface area (Å²) in [4.78, 5) is 42.3. The lowest BCUT2D eigenvalue weighted by molar-refractivity contribution is -0.143. The van der Waals surface area contributed by atoms with Gasteiger partial charge >= 0.3 is 0 Å². The lowest BCUT2D eigenvalue weighted by atomic mass is 9.98. The molecule has 0 aromatic heterocycles. The Kier molecular flexibility index (Phi) is 13.0. The summed E-state index contributed by atoms with van der Waals surface area (Å²) in [5.41, 5.74) is 8.13. The molecular formula is C33H48N6O5. The van der Waals surface area contributed by atoms with Crippen LogP contribution in [-0.4, -0.2) is 80.4 Å². The Bertz CT molecular complexity index is 1280. The summed E-state index contributed by atoms with van der Waals surface area (Å²) in [6.07, 6.45) is 2.78. The van der Waals surface area contributed by atoms with Crippen LogP contribution in [-0.2, 0) is 27.2 Å². The summed E-state index contributed by atoms with van der Waals surface area (Å²) >= 11 is 0. The van der Waals surface area contributed by atoms with Crippen molar-refractivity contribution in [1.29, 1.82) is 5.41 Å². The van der Waals surface area contributed by atoms with E-state index in [4.69, 9.17) is 20.6 Å². The summed E-state index contributed by atoms with van der Waals surface area (Å²) in [5, 5.41) is 17.1. The van der Waals surface area contributed by atoms with Gasteiger partial charge in [0.1, 0.15) is 36.0 Å². The summed E-state index contributed by atoms with van der Waals surface area (Å²) < 4.78 is 11.4. The van der Waals surface area contributed by atoms with Crippen LogP contribution in [0.15, 0.2) is 42.5 Å². The number of nitrogens with zero attached hydrogens (tertiary/aromatic N) is 1. The number of hydrogen-bond donors (Lipinski definition) is 5. The van der Waals surface area contributed by atoms with Crippen LogP contribution in [0.4, 0.5) is 0 Å². The lowest BCUT2D eigenvalue weighted by Crippen LogP contribution is -2.58. The van der Waals surface area contributed by atoms with Gasteiger partial charge in [0.05, 0.1) is 13.2 Å². The molecule has 2 aromatic carbocycles. The standard InChI is InChI=1S/C33H48N6O5/c1-6-8-26-31(40)37-16-7-9-23-20-24(30(34)35)12-15-28(23)44-18-17-36-27(19-22-10-13-25(43-5)14-11-22)33(42)39(4)29(21(2)3)32(41)38-26/h10-15,20-21,26-27,29,36H,6-9,16-19H2,1-5H3,(H3,34,35)(H,37,40)(H,38,41)/t26-,27+,29+/m0/s1. The molecule has 1 aliphatic heterocycles. The fourth-order valence-corrected chi connectivity index (χ4v) is 5.46. The van der Waals surface area contributed by atoms with Crippen LogP contribution in [0.1, 0.15) is 56.7 Å². The summed E-state index contributed by atoms with van der Waals surface area (Å²) in [6.45, 7) is 6.81. The Labute approximate surface area is 260 Å². The molecule has 3 amide bonds. The molecule has 240 valence electrons. The number of likely N-dealkylation sites (N-methyl/N-ethyl adjacent to an activating group) is 1. The number of rotatable bonds is 7. The molecule has 11 heteroatoms. The third kappa shape index (κ3) is 9.44. The fourth-order valence-electron chi connectivity index (χ4n) is 5.46. The minimum atomic E-state index is -0.771. The van der Waals surface area contributed by atoms with E-state index >= 15 is 0 Å². The fraction of sp³-hybridized carbons (Fsp3) is 0.515. The molecule has 0 saturated carbocycles. The van der Waals surface area contributed by atoms with E-state index in [1.807, 2.05) is 51.1 Å². The van der Waals surface area contributed by atoms with Gasteiger partial charge in [0.15, 0.2) is 0 Å². The highest BCUT2D eigenvalue weighted by atomic mass is 16.5. The third-order valence-corrected chi connectivity index (χ3v) is 7.82. The molecule has 0 unspecified atom stereocenters. The Morgan fingerprint density at radius 3 is 2.45 bits per heavy atom. The number of hydrogen-bond acceptors (Lipinski definition) is 7. The highest BCUT2D eigenvalue weighted by Gasteiger charge is 2.35. The van der Waals surface area contributed by atoms with E-state index in [2.05, 4.69) is 16.0 Å². The Balaban J connectivity index is 1.94. The van der Waals surface area contributed by atoms with Crippen LogP contribution in [0.5, 0.6) is 11.5 Å². The molecule has 3 rings (SSSR count). The van der Waals surface area contributed by atoms with Gasteiger partial charge in [0.25, 0.3) is 0 Å². The maximum atomic E-state index is 14.0. The number of nitrogens with two attached hydrogens (primary N) is 1. The van der Waals surface area contributed by atoms with Crippen molar-refractivity contribution in [3.05, 3.63) is 59.2 Å². The van der Waals surface area contributed by atoms with E-state index in [9.17, 15) is 14.4 Å². The number of carbonyl (C=O) groups excluding carboxylic acids is 3. The second-order valence-electron chi connectivity index (χ2n) is 11.5. The van der Waals surface area contributed by atoms with Crippen LogP contribution in [0, 0.1) is 11.3 Å². The number of amides is 3. The van der Waals surface area contributed by atoms with E-state index in [1.54, 1.807) is 26.3 Å². The first kappa shape index (κ1) is 34.4. The Hall–Kier alpha value is -4.12. The molecule has 0 saturated heterocycles. The van der Waals surface area contributed by atoms with Crippen LogP contribution >= 0.6 is 0 Å². The van der Waals surface area contributed by atoms with Crippen LogP contribution in [0.25, 0.3) is 0 Å². The van der Waals surface area contributed by atoms with Crippen LogP contribution in [0.2, 0.25) is 0 Å². The number of benzene rings is 2. The number of aryl methyl sites for hydroxylation is 1. The summed E-state index contributed by atoms with van der Waals surface area (Å²) in [6, 6.07) is 10.8. The highest BCUT2D eigenvalue weighted by Crippen LogP contribution is 2.22. The monoisotopic (exact) mass is 608 g/mol. The van der Waals surface area contributed by atoms with Gasteiger partial charge in [-0.2, -0.15) is 0 Å². The van der Waals surface area contributed by atoms with Gasteiger partial charge in [0.2, 0.25) is 17.7 Å². The number of methoxy groups -OCH3 is 1. The molecule has 0 fully saturated rings. The topological polar surface area (TPSA) is 159 Å². The molecule has 11 nitrogen and oxygen atoms in total. The molecule has 0 bridgehead atoms. The van der Waals surface area contributed by atoms with Crippen molar-refractivity contribution >= 4 is 23.6 Å².